The summed E-state index contributed by atoms with van der Waals surface area (Å²) in [6, 6.07) is 19.2. The number of nitrogens with one attached hydrogen (secondary N) is 1. The van der Waals surface area contributed by atoms with E-state index in [9.17, 15) is 22.8 Å². The molecule has 0 saturated heterocycles. The second kappa shape index (κ2) is 10.9. The molecule has 0 spiro atoms. The fourth-order valence-corrected chi connectivity index (χ4v) is 4.77. The molecular formula is C28H22F3NO4S. The molecule has 0 saturated carbocycles. The maximum Gasteiger partial charge on any atom is 0.405 e. The minimum atomic E-state index is -4.50. The number of ether oxygens (including phenoxy) is 2. The van der Waals surface area contributed by atoms with Crippen LogP contribution in [0.25, 0.3) is 26.6 Å². The van der Waals surface area contributed by atoms with Crippen LogP contribution in [-0.2, 0) is 0 Å². The Morgan fingerprint density at radius 3 is 2.24 bits per heavy atom. The van der Waals surface area contributed by atoms with Gasteiger partial charge in [-0.1, -0.05) is 30.3 Å². The molecule has 190 valence electrons. The van der Waals surface area contributed by atoms with Crippen LogP contribution in [0, 0.1) is 0 Å². The highest BCUT2D eigenvalue weighted by atomic mass is 32.1. The van der Waals surface area contributed by atoms with Gasteiger partial charge in [-0.3, -0.25) is 9.59 Å². The molecule has 0 unspecified atom stereocenters. The number of allylic oxidation sites excluding steroid dienone is 1. The van der Waals surface area contributed by atoms with Gasteiger partial charge in [0.1, 0.15) is 18.0 Å². The summed E-state index contributed by atoms with van der Waals surface area (Å²) >= 11 is 1.62. The van der Waals surface area contributed by atoms with E-state index in [2.05, 4.69) is 6.07 Å². The maximum atomic E-state index is 12.8. The van der Waals surface area contributed by atoms with E-state index in [1.54, 1.807) is 35.9 Å². The van der Waals surface area contributed by atoms with Crippen LogP contribution >= 0.6 is 11.3 Å². The number of hydrogen-bond donors (Lipinski definition) is 1. The summed E-state index contributed by atoms with van der Waals surface area (Å²) in [5.74, 6) is -0.0687. The number of ketones is 1. The molecule has 0 radical (unpaired) electrons. The third-order valence-corrected chi connectivity index (χ3v) is 6.69. The SMILES string of the molecule is COc1cc(OC)c(-c2cc3ccccc3s2)cc1/C=C/C(=O)c1ccc(C(=O)NCC(F)(F)F)cc1. The summed E-state index contributed by atoms with van der Waals surface area (Å²) in [6.07, 6.45) is -1.51. The van der Waals surface area contributed by atoms with Gasteiger partial charge in [0.25, 0.3) is 5.91 Å². The number of amides is 1. The largest absolute Gasteiger partial charge is 0.496 e. The van der Waals surface area contributed by atoms with Crippen molar-refractivity contribution in [2.45, 2.75) is 6.18 Å². The Morgan fingerprint density at radius 2 is 1.59 bits per heavy atom. The molecule has 1 N–H and O–H groups in total. The Bertz CT molecular complexity index is 1440. The van der Waals surface area contributed by atoms with Crippen molar-refractivity contribution in [2.75, 3.05) is 20.8 Å². The van der Waals surface area contributed by atoms with Gasteiger partial charge in [-0.15, -0.1) is 11.3 Å². The summed E-state index contributed by atoms with van der Waals surface area (Å²) < 4.78 is 49.2. The van der Waals surface area contributed by atoms with Gasteiger partial charge < -0.3 is 14.8 Å². The number of fused-ring (bicyclic) bond motifs is 1. The van der Waals surface area contributed by atoms with E-state index in [1.807, 2.05) is 30.3 Å². The molecule has 0 atom stereocenters. The highest BCUT2D eigenvalue weighted by molar-refractivity contribution is 7.22. The lowest BCUT2D eigenvalue weighted by atomic mass is 10.0. The van der Waals surface area contributed by atoms with E-state index in [0.29, 0.717) is 17.1 Å². The molecule has 1 amide bonds. The highest BCUT2D eigenvalue weighted by Gasteiger charge is 2.27. The third-order valence-electron chi connectivity index (χ3n) is 5.54. The van der Waals surface area contributed by atoms with Crippen LogP contribution in [0.5, 0.6) is 11.5 Å². The Hall–Kier alpha value is -4.11. The fourth-order valence-electron chi connectivity index (χ4n) is 3.69. The number of hydrogen-bond acceptors (Lipinski definition) is 5. The lowest BCUT2D eigenvalue weighted by molar-refractivity contribution is -0.123. The van der Waals surface area contributed by atoms with Crippen molar-refractivity contribution in [3.63, 3.8) is 0 Å². The van der Waals surface area contributed by atoms with E-state index < -0.39 is 18.6 Å². The Morgan fingerprint density at radius 1 is 0.919 bits per heavy atom. The van der Waals surface area contributed by atoms with Gasteiger partial charge in [0.15, 0.2) is 5.78 Å². The molecule has 5 nitrogen and oxygen atoms in total. The van der Waals surface area contributed by atoms with Crippen molar-refractivity contribution >= 4 is 39.2 Å². The first-order valence-corrected chi connectivity index (χ1v) is 11.9. The zero-order valence-corrected chi connectivity index (χ0v) is 20.7. The number of methoxy groups -OCH3 is 2. The third kappa shape index (κ3) is 6.18. The summed E-state index contributed by atoms with van der Waals surface area (Å²) in [5.41, 5.74) is 1.81. The van der Waals surface area contributed by atoms with E-state index >= 15 is 0 Å². The lowest BCUT2D eigenvalue weighted by Crippen LogP contribution is -2.33. The van der Waals surface area contributed by atoms with Crippen molar-refractivity contribution < 1.29 is 32.2 Å². The molecule has 0 fully saturated rings. The number of halogens is 3. The smallest absolute Gasteiger partial charge is 0.405 e. The molecule has 1 heterocycles. The number of alkyl halides is 3. The van der Waals surface area contributed by atoms with Gasteiger partial charge in [0, 0.05) is 37.9 Å². The molecule has 4 aromatic rings. The molecule has 4 rings (SSSR count). The highest BCUT2D eigenvalue weighted by Crippen LogP contribution is 2.41. The zero-order valence-electron chi connectivity index (χ0n) is 19.9. The fraction of sp³-hybridized carbons (Fsp3) is 0.143. The van der Waals surface area contributed by atoms with E-state index in [1.165, 1.54) is 37.5 Å². The second-order valence-electron chi connectivity index (χ2n) is 8.02. The van der Waals surface area contributed by atoms with Crippen molar-refractivity contribution in [2.24, 2.45) is 0 Å². The van der Waals surface area contributed by atoms with Crippen LogP contribution < -0.4 is 14.8 Å². The van der Waals surface area contributed by atoms with Crippen molar-refractivity contribution in [1.29, 1.82) is 0 Å². The summed E-state index contributed by atoms with van der Waals surface area (Å²) in [6.45, 7) is -1.43. The molecule has 9 heteroatoms. The first-order valence-electron chi connectivity index (χ1n) is 11.1. The predicted octanol–water partition coefficient (Wildman–Crippen LogP) is 6.77. The lowest BCUT2D eigenvalue weighted by Gasteiger charge is -2.12. The number of carbonyl (C=O) groups is 2. The average molecular weight is 526 g/mol. The minimum absolute atomic E-state index is 0.0228. The van der Waals surface area contributed by atoms with Crippen LogP contribution in [0.4, 0.5) is 13.2 Å². The average Bonchev–Trinajstić information content (AvgIpc) is 3.33. The molecule has 37 heavy (non-hydrogen) atoms. The van der Waals surface area contributed by atoms with Crippen LogP contribution in [0.1, 0.15) is 26.3 Å². The number of rotatable bonds is 8. The Balaban J connectivity index is 1.57. The molecule has 0 bridgehead atoms. The quantitative estimate of drug-likeness (QED) is 0.204. The molecule has 3 aromatic carbocycles. The van der Waals surface area contributed by atoms with Crippen LogP contribution in [-0.4, -0.2) is 38.6 Å². The molecule has 1 aromatic heterocycles. The van der Waals surface area contributed by atoms with Gasteiger partial charge in [-0.2, -0.15) is 13.2 Å². The monoisotopic (exact) mass is 525 g/mol. The Kier molecular flexibility index (Phi) is 7.63. The first-order chi connectivity index (χ1) is 17.7. The van der Waals surface area contributed by atoms with Crippen molar-refractivity contribution in [3.05, 3.63) is 89.5 Å². The molecule has 0 aliphatic heterocycles. The number of benzene rings is 3. The van der Waals surface area contributed by atoms with Crippen LogP contribution in [0.3, 0.4) is 0 Å². The van der Waals surface area contributed by atoms with E-state index in [4.69, 9.17) is 9.47 Å². The van der Waals surface area contributed by atoms with Gasteiger partial charge >= 0.3 is 6.18 Å². The van der Waals surface area contributed by atoms with Gasteiger partial charge in [0.05, 0.1) is 14.2 Å². The summed E-state index contributed by atoms with van der Waals surface area (Å²) in [5, 5.41) is 2.91. The van der Waals surface area contributed by atoms with E-state index in [0.717, 1.165) is 20.5 Å². The topological polar surface area (TPSA) is 64.6 Å². The second-order valence-corrected chi connectivity index (χ2v) is 9.10. The molecule has 0 aliphatic rings. The first kappa shape index (κ1) is 26.0. The molecule has 0 aliphatic carbocycles. The maximum absolute atomic E-state index is 12.8. The molecular weight excluding hydrogens is 503 g/mol. The number of thiophene rings is 1. The van der Waals surface area contributed by atoms with Crippen molar-refractivity contribution in [3.8, 4) is 21.9 Å². The zero-order chi connectivity index (χ0) is 26.6. The van der Waals surface area contributed by atoms with Gasteiger partial charge in [0.2, 0.25) is 0 Å². The van der Waals surface area contributed by atoms with Crippen molar-refractivity contribution in [1.82, 2.24) is 5.32 Å². The van der Waals surface area contributed by atoms with Crippen LogP contribution in [0.2, 0.25) is 0 Å². The van der Waals surface area contributed by atoms with Gasteiger partial charge in [-0.05, 0) is 47.9 Å². The van der Waals surface area contributed by atoms with Gasteiger partial charge in [-0.25, -0.2) is 0 Å². The van der Waals surface area contributed by atoms with Crippen LogP contribution in [0.15, 0.2) is 72.8 Å². The number of carbonyl (C=O) groups excluding carboxylic acids is 2. The summed E-state index contributed by atoms with van der Waals surface area (Å²) in [7, 11) is 3.10. The normalized spacial score (nSPS) is 11.6. The van der Waals surface area contributed by atoms with E-state index in [-0.39, 0.29) is 16.9 Å². The predicted molar refractivity (Wildman–Crippen MR) is 139 cm³/mol. The Labute approximate surface area is 215 Å². The minimum Gasteiger partial charge on any atom is -0.496 e. The standard InChI is InChI=1S/C28H22F3NO4S/c1-35-23-15-24(36-2)21(26-14-20-5-3-4-6-25(20)37-26)13-19(23)11-12-22(33)17-7-9-18(10-8-17)27(34)32-16-28(29,30)31/h3-15H,16H2,1-2H3,(H,32,34)/b12-11+. The summed E-state index contributed by atoms with van der Waals surface area (Å²) in [4.78, 5) is 25.6.